The van der Waals surface area contributed by atoms with Gasteiger partial charge in [0.25, 0.3) is 0 Å². The average Bonchev–Trinajstić information content (AvgIpc) is 3.52. The van der Waals surface area contributed by atoms with Crippen molar-refractivity contribution in [1.29, 1.82) is 5.26 Å². The van der Waals surface area contributed by atoms with Gasteiger partial charge in [-0.25, -0.2) is 4.79 Å². The fourth-order valence-corrected chi connectivity index (χ4v) is 6.28. The van der Waals surface area contributed by atoms with Gasteiger partial charge in [-0.05, 0) is 83.8 Å². The van der Waals surface area contributed by atoms with Crippen LogP contribution in [-0.4, -0.2) is 11.1 Å². The summed E-state index contributed by atoms with van der Waals surface area (Å²) in [6.45, 7) is 2.09. The summed E-state index contributed by atoms with van der Waals surface area (Å²) in [4.78, 5) is 15.7. The molecule has 0 unspecified atom stereocenters. The van der Waals surface area contributed by atoms with Gasteiger partial charge in [-0.3, -0.25) is 0 Å². The molecule has 0 amide bonds. The number of nitriles is 1. The van der Waals surface area contributed by atoms with E-state index in [1.807, 2.05) is 36.4 Å². The first-order valence-electron chi connectivity index (χ1n) is 14.8. The van der Waals surface area contributed by atoms with E-state index in [9.17, 15) is 9.90 Å². The summed E-state index contributed by atoms with van der Waals surface area (Å²) >= 11 is 1.71. The average molecular weight is 615 g/mol. The van der Waals surface area contributed by atoms with E-state index in [-0.39, 0.29) is 5.57 Å². The van der Waals surface area contributed by atoms with Crippen molar-refractivity contribution in [1.82, 2.24) is 0 Å². The summed E-state index contributed by atoms with van der Waals surface area (Å²) < 4.78 is 0. The fraction of sp³-hybridized carbons (Fsp3) is 0.0244. The Morgan fingerprint density at radius 3 is 1.80 bits per heavy atom. The molecule has 1 heterocycles. The van der Waals surface area contributed by atoms with Crippen molar-refractivity contribution in [2.45, 2.75) is 6.92 Å². The number of carboxylic acid groups (broad SMARTS) is 1. The lowest BCUT2D eigenvalue weighted by Crippen LogP contribution is -2.09. The third-order valence-electron chi connectivity index (χ3n) is 7.59. The van der Waals surface area contributed by atoms with Crippen LogP contribution < -0.4 is 4.90 Å². The number of hydrogen-bond acceptors (Lipinski definition) is 4. The van der Waals surface area contributed by atoms with Crippen molar-refractivity contribution >= 4 is 52.6 Å². The molecule has 46 heavy (non-hydrogen) atoms. The van der Waals surface area contributed by atoms with E-state index < -0.39 is 5.97 Å². The third-order valence-corrected chi connectivity index (χ3v) is 8.74. The molecule has 5 aromatic carbocycles. The maximum absolute atomic E-state index is 11.2. The number of anilines is 3. The molecule has 0 radical (unpaired) electrons. The SMILES string of the molecule is Cc1ccc(-c2cc(-c3ccc(/C=C(\C#N)C(=O)O)cc3)sc2/C=C/c2ccc(N(c3ccccc3)c3ccccc3)cc2)cc1. The number of aryl methyl sites for hydroxylation is 1. The molecule has 0 atom stereocenters. The normalized spacial score (nSPS) is 11.3. The van der Waals surface area contributed by atoms with Gasteiger partial charge in [0.1, 0.15) is 11.6 Å². The number of aliphatic carboxylic acids is 1. The number of hydrogen-bond donors (Lipinski definition) is 1. The zero-order valence-corrected chi connectivity index (χ0v) is 26.0. The second-order valence-electron chi connectivity index (χ2n) is 10.8. The van der Waals surface area contributed by atoms with Crippen LogP contribution in [-0.2, 0) is 4.79 Å². The second kappa shape index (κ2) is 13.8. The van der Waals surface area contributed by atoms with Crippen molar-refractivity contribution in [3.8, 4) is 27.6 Å². The maximum Gasteiger partial charge on any atom is 0.346 e. The number of nitrogens with zero attached hydrogens (tertiary/aromatic N) is 2. The lowest BCUT2D eigenvalue weighted by atomic mass is 10.0. The van der Waals surface area contributed by atoms with Gasteiger partial charge >= 0.3 is 5.97 Å². The predicted octanol–water partition coefficient (Wildman–Crippen LogP) is 11.0. The van der Waals surface area contributed by atoms with E-state index in [1.54, 1.807) is 17.4 Å². The molecular weight excluding hydrogens is 585 g/mol. The molecule has 6 rings (SSSR count). The zero-order chi connectivity index (χ0) is 31.9. The van der Waals surface area contributed by atoms with Gasteiger partial charge in [0.2, 0.25) is 0 Å². The number of benzene rings is 5. The number of thiophene rings is 1. The second-order valence-corrected chi connectivity index (χ2v) is 11.9. The molecule has 222 valence electrons. The van der Waals surface area contributed by atoms with Crippen LogP contribution in [0.15, 0.2) is 145 Å². The van der Waals surface area contributed by atoms with Crippen LogP contribution in [0.2, 0.25) is 0 Å². The summed E-state index contributed by atoms with van der Waals surface area (Å²) in [5.41, 5.74) is 9.27. The first-order chi connectivity index (χ1) is 22.5. The maximum atomic E-state index is 11.2. The molecular formula is C41H30N2O2S. The minimum absolute atomic E-state index is 0.293. The lowest BCUT2D eigenvalue weighted by molar-refractivity contribution is -0.132. The van der Waals surface area contributed by atoms with Crippen LogP contribution in [0.1, 0.15) is 21.6 Å². The molecule has 0 saturated carbocycles. The minimum atomic E-state index is -1.23. The van der Waals surface area contributed by atoms with Crippen LogP contribution in [0, 0.1) is 18.3 Å². The fourth-order valence-electron chi connectivity index (χ4n) is 5.19. The molecule has 5 heteroatoms. The molecule has 0 fully saturated rings. The van der Waals surface area contributed by atoms with E-state index in [0.717, 1.165) is 49.1 Å². The zero-order valence-electron chi connectivity index (χ0n) is 25.2. The van der Waals surface area contributed by atoms with Gasteiger partial charge in [-0.1, -0.05) is 109 Å². The molecule has 0 bridgehead atoms. The Labute approximate surface area is 273 Å². The lowest BCUT2D eigenvalue weighted by Gasteiger charge is -2.25. The highest BCUT2D eigenvalue weighted by Crippen LogP contribution is 2.39. The Hall–Kier alpha value is -5.96. The van der Waals surface area contributed by atoms with Crippen molar-refractivity contribution < 1.29 is 9.90 Å². The first-order valence-corrected chi connectivity index (χ1v) is 15.6. The monoisotopic (exact) mass is 614 g/mol. The Bertz CT molecular complexity index is 2010. The largest absolute Gasteiger partial charge is 0.477 e. The topological polar surface area (TPSA) is 64.3 Å². The summed E-state index contributed by atoms with van der Waals surface area (Å²) in [7, 11) is 0. The van der Waals surface area contributed by atoms with Crippen molar-refractivity contribution in [3.05, 3.63) is 167 Å². The molecule has 0 saturated heterocycles. The van der Waals surface area contributed by atoms with E-state index in [4.69, 9.17) is 5.26 Å². The first kappa shape index (κ1) is 30.1. The van der Waals surface area contributed by atoms with E-state index in [1.165, 1.54) is 11.6 Å². The molecule has 4 nitrogen and oxygen atoms in total. The van der Waals surface area contributed by atoms with Gasteiger partial charge in [0.15, 0.2) is 0 Å². The van der Waals surface area contributed by atoms with E-state index in [0.29, 0.717) is 5.56 Å². The number of carbonyl (C=O) groups is 1. The highest BCUT2D eigenvalue weighted by molar-refractivity contribution is 7.17. The van der Waals surface area contributed by atoms with Crippen molar-refractivity contribution in [3.63, 3.8) is 0 Å². The van der Waals surface area contributed by atoms with Gasteiger partial charge in [-0.15, -0.1) is 11.3 Å². The predicted molar refractivity (Wildman–Crippen MR) is 191 cm³/mol. The van der Waals surface area contributed by atoms with Crippen LogP contribution in [0.5, 0.6) is 0 Å². The Kier molecular flexibility index (Phi) is 9.01. The molecule has 0 spiro atoms. The summed E-state index contributed by atoms with van der Waals surface area (Å²) in [6, 6.07) is 49.4. The molecule has 0 aliphatic heterocycles. The molecule has 6 aromatic rings. The Morgan fingerprint density at radius 1 is 0.696 bits per heavy atom. The van der Waals surface area contributed by atoms with Gasteiger partial charge in [0, 0.05) is 32.4 Å². The Balaban J connectivity index is 1.31. The highest BCUT2D eigenvalue weighted by atomic mass is 32.1. The molecule has 1 N–H and O–H groups in total. The number of carboxylic acids is 1. The van der Waals surface area contributed by atoms with Gasteiger partial charge in [-0.2, -0.15) is 5.26 Å². The van der Waals surface area contributed by atoms with E-state index in [2.05, 4.69) is 127 Å². The Morgan fingerprint density at radius 2 is 1.24 bits per heavy atom. The van der Waals surface area contributed by atoms with E-state index >= 15 is 0 Å². The molecule has 0 aliphatic carbocycles. The third kappa shape index (κ3) is 6.89. The summed E-state index contributed by atoms with van der Waals surface area (Å²) in [5.74, 6) is -1.23. The quantitative estimate of drug-likeness (QED) is 0.130. The summed E-state index contributed by atoms with van der Waals surface area (Å²) in [6.07, 6.45) is 5.71. The molecule has 0 aliphatic rings. The van der Waals surface area contributed by atoms with Crippen LogP contribution in [0.4, 0.5) is 17.1 Å². The van der Waals surface area contributed by atoms with Crippen LogP contribution in [0.25, 0.3) is 39.8 Å². The highest BCUT2D eigenvalue weighted by Gasteiger charge is 2.13. The molecule has 1 aromatic heterocycles. The van der Waals surface area contributed by atoms with Gasteiger partial charge in [0.05, 0.1) is 0 Å². The summed E-state index contributed by atoms with van der Waals surface area (Å²) in [5, 5.41) is 18.3. The standard InChI is InChI=1S/C41H30N2O2S/c1-29-12-19-32(20-13-29)38-27-40(33-21-14-31(15-22-33)26-34(28-42)41(44)45)46-39(38)25-18-30-16-23-37(24-17-30)43(35-8-4-2-5-9-35)36-10-6-3-7-11-36/h2-27H,1H3,(H,44,45)/b25-18+,34-26+. The van der Waals surface area contributed by atoms with Crippen molar-refractivity contribution in [2.75, 3.05) is 4.90 Å². The van der Waals surface area contributed by atoms with Crippen LogP contribution in [0.3, 0.4) is 0 Å². The van der Waals surface area contributed by atoms with Gasteiger partial charge < -0.3 is 10.0 Å². The number of rotatable bonds is 9. The minimum Gasteiger partial charge on any atom is -0.477 e. The number of para-hydroxylation sites is 2. The van der Waals surface area contributed by atoms with Crippen LogP contribution >= 0.6 is 11.3 Å². The van der Waals surface area contributed by atoms with Crippen molar-refractivity contribution in [2.24, 2.45) is 0 Å². The smallest absolute Gasteiger partial charge is 0.346 e.